The van der Waals surface area contributed by atoms with Crippen LogP contribution in [0.1, 0.15) is 39.0 Å². The molecule has 12 heteroatoms. The first-order valence-electron chi connectivity index (χ1n) is 11.4. The third kappa shape index (κ3) is 3.60. The highest BCUT2D eigenvalue weighted by Crippen LogP contribution is 2.47. The van der Waals surface area contributed by atoms with Crippen LogP contribution in [0.25, 0.3) is 11.2 Å². The minimum absolute atomic E-state index is 0.0197. The summed E-state index contributed by atoms with van der Waals surface area (Å²) in [5.74, 6) is 0.322. The van der Waals surface area contributed by atoms with Gasteiger partial charge in [0.15, 0.2) is 19.8 Å². The number of aromatic nitrogens is 6. The first-order chi connectivity index (χ1) is 15.9. The van der Waals surface area contributed by atoms with E-state index in [0.717, 1.165) is 0 Å². The average molecular weight is 486 g/mol. The topological polar surface area (TPSA) is 132 Å². The van der Waals surface area contributed by atoms with Gasteiger partial charge in [-0.3, -0.25) is 9.36 Å². The molecule has 3 atom stereocenters. The molecular formula is C22H31N7O4Si. The molecule has 2 aliphatic rings. The van der Waals surface area contributed by atoms with Crippen LogP contribution in [0.15, 0.2) is 23.6 Å². The lowest BCUT2D eigenvalue weighted by Crippen LogP contribution is -2.55. The van der Waals surface area contributed by atoms with Gasteiger partial charge in [-0.2, -0.15) is 4.98 Å². The zero-order chi connectivity index (χ0) is 24.5. The van der Waals surface area contributed by atoms with E-state index in [0.29, 0.717) is 35.5 Å². The minimum Gasteiger partial charge on any atom is -0.461 e. The van der Waals surface area contributed by atoms with Crippen molar-refractivity contribution >= 4 is 25.3 Å². The number of rotatable bonds is 4. The van der Waals surface area contributed by atoms with Gasteiger partial charge in [-0.25, -0.2) is 15.0 Å². The Hall–Kier alpha value is -2.83. The fraction of sp³-hybridized carbons (Fsp3) is 0.591. The van der Waals surface area contributed by atoms with Crippen LogP contribution in [0.3, 0.4) is 0 Å². The van der Waals surface area contributed by atoms with E-state index in [1.807, 2.05) is 4.57 Å². The second-order valence-electron chi connectivity index (χ2n) is 10.8. The maximum Gasteiger partial charge on any atom is 0.301 e. The standard InChI is InChI=1S/C22H31N7O4Si/c1-13-8-29-15-7-14(33-34(5,6)21(2,3)4)22(32-15,10-31-20(29)27-19(13)30)9-28-12-26-16-17(23)24-11-25-18(16)28/h8,11-12,14-15H,7,9-10H2,1-6H3,(H2,23,24,25)/t14-,15+,22+/m0/s1. The Labute approximate surface area is 198 Å². The molecular weight excluding hydrogens is 454 g/mol. The van der Waals surface area contributed by atoms with Gasteiger partial charge in [0.25, 0.3) is 5.56 Å². The second-order valence-corrected chi connectivity index (χ2v) is 15.5. The summed E-state index contributed by atoms with van der Waals surface area (Å²) in [7, 11) is -2.15. The molecule has 0 spiro atoms. The van der Waals surface area contributed by atoms with Crippen LogP contribution in [0, 0.1) is 6.92 Å². The van der Waals surface area contributed by atoms with Crippen LogP contribution in [-0.2, 0) is 15.7 Å². The Morgan fingerprint density at radius 1 is 1.29 bits per heavy atom. The number of ether oxygens (including phenoxy) is 2. The van der Waals surface area contributed by atoms with E-state index in [1.165, 1.54) is 6.33 Å². The smallest absolute Gasteiger partial charge is 0.301 e. The third-order valence-corrected chi connectivity index (χ3v) is 11.8. The van der Waals surface area contributed by atoms with Crippen LogP contribution in [0.2, 0.25) is 18.1 Å². The van der Waals surface area contributed by atoms with Crippen molar-refractivity contribution in [1.29, 1.82) is 0 Å². The van der Waals surface area contributed by atoms with Crippen molar-refractivity contribution in [2.75, 3.05) is 12.3 Å². The Morgan fingerprint density at radius 2 is 2.06 bits per heavy atom. The van der Waals surface area contributed by atoms with Crippen LogP contribution >= 0.6 is 0 Å². The lowest BCUT2D eigenvalue weighted by Gasteiger charge is -2.42. The Balaban J connectivity index is 1.58. The predicted octanol–water partition coefficient (Wildman–Crippen LogP) is 2.41. The summed E-state index contributed by atoms with van der Waals surface area (Å²) in [5, 5.41) is 0.0197. The van der Waals surface area contributed by atoms with E-state index in [4.69, 9.17) is 19.6 Å². The molecule has 5 heterocycles. The van der Waals surface area contributed by atoms with Gasteiger partial charge in [0.05, 0.1) is 19.0 Å². The maximum atomic E-state index is 12.2. The fourth-order valence-electron chi connectivity index (χ4n) is 4.32. The molecule has 34 heavy (non-hydrogen) atoms. The van der Waals surface area contributed by atoms with Crippen molar-refractivity contribution in [3.05, 3.63) is 34.8 Å². The van der Waals surface area contributed by atoms with Gasteiger partial charge in [0.2, 0.25) is 0 Å². The highest BCUT2D eigenvalue weighted by Gasteiger charge is 2.56. The van der Waals surface area contributed by atoms with E-state index in [9.17, 15) is 4.79 Å². The van der Waals surface area contributed by atoms with Crippen molar-refractivity contribution in [1.82, 2.24) is 29.1 Å². The van der Waals surface area contributed by atoms with Gasteiger partial charge in [-0.05, 0) is 25.1 Å². The van der Waals surface area contributed by atoms with E-state index >= 15 is 0 Å². The van der Waals surface area contributed by atoms with Gasteiger partial charge < -0.3 is 24.2 Å². The molecule has 2 aliphatic heterocycles. The third-order valence-electron chi connectivity index (χ3n) is 7.33. The normalized spacial score (nSPS) is 24.6. The molecule has 1 fully saturated rings. The molecule has 1 saturated heterocycles. The summed E-state index contributed by atoms with van der Waals surface area (Å²) in [6.45, 7) is 13.4. The molecule has 0 aliphatic carbocycles. The number of imidazole rings is 1. The van der Waals surface area contributed by atoms with Crippen LogP contribution in [-0.4, -0.2) is 55.7 Å². The lowest BCUT2D eigenvalue weighted by atomic mass is 9.97. The number of nitrogen functional groups attached to an aromatic ring is 1. The van der Waals surface area contributed by atoms with Gasteiger partial charge in [-0.15, -0.1) is 0 Å². The minimum atomic E-state index is -2.15. The highest BCUT2D eigenvalue weighted by molar-refractivity contribution is 6.74. The quantitative estimate of drug-likeness (QED) is 0.553. The Kier molecular flexibility index (Phi) is 5.12. The zero-order valence-corrected chi connectivity index (χ0v) is 21.4. The van der Waals surface area contributed by atoms with Crippen LogP contribution < -0.4 is 16.0 Å². The van der Waals surface area contributed by atoms with E-state index in [2.05, 4.69) is 53.8 Å². The highest BCUT2D eigenvalue weighted by atomic mass is 28.4. The number of nitrogens with zero attached hydrogens (tertiary/aromatic N) is 6. The summed E-state index contributed by atoms with van der Waals surface area (Å²) in [6, 6.07) is 0.260. The molecule has 0 radical (unpaired) electrons. The molecule has 2 bridgehead atoms. The molecule has 0 amide bonds. The largest absolute Gasteiger partial charge is 0.461 e. The molecule has 2 N–H and O–H groups in total. The lowest BCUT2D eigenvalue weighted by molar-refractivity contribution is -0.114. The van der Waals surface area contributed by atoms with Gasteiger partial charge in [0, 0.05) is 18.2 Å². The maximum absolute atomic E-state index is 12.2. The summed E-state index contributed by atoms with van der Waals surface area (Å²) in [5.41, 5.74) is 6.53. The molecule has 11 nitrogen and oxygen atoms in total. The number of aryl methyl sites for hydroxylation is 1. The van der Waals surface area contributed by atoms with E-state index in [-0.39, 0.29) is 35.5 Å². The number of hydrogen-bond acceptors (Lipinski definition) is 9. The molecule has 3 aromatic rings. The zero-order valence-electron chi connectivity index (χ0n) is 20.4. The van der Waals surface area contributed by atoms with Crippen LogP contribution in [0.4, 0.5) is 5.82 Å². The molecule has 0 unspecified atom stereocenters. The molecule has 5 rings (SSSR count). The predicted molar refractivity (Wildman–Crippen MR) is 128 cm³/mol. The van der Waals surface area contributed by atoms with E-state index < -0.39 is 13.9 Å². The van der Waals surface area contributed by atoms with Gasteiger partial charge >= 0.3 is 6.01 Å². The molecule has 0 aromatic carbocycles. The van der Waals surface area contributed by atoms with Gasteiger partial charge in [0.1, 0.15) is 30.3 Å². The average Bonchev–Trinajstić information content (AvgIpc) is 3.26. The van der Waals surface area contributed by atoms with Crippen molar-refractivity contribution in [2.24, 2.45) is 0 Å². The molecule has 0 saturated carbocycles. The number of anilines is 1. The van der Waals surface area contributed by atoms with Crippen molar-refractivity contribution < 1.29 is 13.9 Å². The number of nitrogens with two attached hydrogens (primary N) is 1. The first kappa shape index (κ1) is 22.9. The van der Waals surface area contributed by atoms with Crippen molar-refractivity contribution in [2.45, 2.75) is 76.7 Å². The van der Waals surface area contributed by atoms with E-state index in [1.54, 1.807) is 24.0 Å². The summed E-state index contributed by atoms with van der Waals surface area (Å²) >= 11 is 0. The molecule has 3 aromatic heterocycles. The van der Waals surface area contributed by atoms with Crippen LogP contribution in [0.5, 0.6) is 6.01 Å². The monoisotopic (exact) mass is 485 g/mol. The molecule has 182 valence electrons. The van der Waals surface area contributed by atoms with Gasteiger partial charge in [-0.1, -0.05) is 20.8 Å². The SMILES string of the molecule is Cc1cn2c(nc1=O)OC[C@@]1(Cn3cnc4c(N)ncnc43)O[C@@H]2C[C@@H]1O[Si](C)(C)C(C)(C)C. The summed E-state index contributed by atoms with van der Waals surface area (Å²) in [4.78, 5) is 29.2. The second kappa shape index (κ2) is 7.59. The fourth-order valence-corrected chi connectivity index (χ4v) is 5.69. The number of hydrogen-bond donors (Lipinski definition) is 1. The number of fused-ring (bicyclic) bond motifs is 5. The Morgan fingerprint density at radius 3 is 2.79 bits per heavy atom. The summed E-state index contributed by atoms with van der Waals surface area (Å²) < 4.78 is 23.5. The van der Waals surface area contributed by atoms with Crippen molar-refractivity contribution in [3.8, 4) is 6.01 Å². The summed E-state index contributed by atoms with van der Waals surface area (Å²) in [6.07, 6.45) is 4.84. The van der Waals surface area contributed by atoms with Crippen molar-refractivity contribution in [3.63, 3.8) is 0 Å². The first-order valence-corrected chi connectivity index (χ1v) is 14.3. The Bertz CT molecular complexity index is 1310.